The number of nitrogens with one attached hydrogen (secondary N) is 1. The number of anilines is 1. The second kappa shape index (κ2) is 5.12. The molecule has 16 heavy (non-hydrogen) atoms. The molecule has 1 saturated heterocycles. The molecule has 1 N–H and O–H groups in total. The van der Waals surface area contributed by atoms with Gasteiger partial charge < -0.3 is 15.0 Å². The summed E-state index contributed by atoms with van der Waals surface area (Å²) in [7, 11) is 1.94. The van der Waals surface area contributed by atoms with Crippen molar-refractivity contribution >= 4 is 16.5 Å². The second-order valence-electron chi connectivity index (χ2n) is 4.30. The maximum atomic E-state index is 5.62. The van der Waals surface area contributed by atoms with E-state index in [2.05, 4.69) is 34.4 Å². The molecule has 1 aromatic rings. The van der Waals surface area contributed by atoms with Crippen LogP contribution in [0.5, 0.6) is 0 Å². The Morgan fingerprint density at radius 2 is 2.44 bits per heavy atom. The predicted octanol–water partition coefficient (Wildman–Crippen LogP) is 1.48. The Morgan fingerprint density at radius 1 is 1.62 bits per heavy atom. The zero-order valence-electron chi connectivity index (χ0n) is 10.1. The highest BCUT2D eigenvalue weighted by molar-refractivity contribution is 7.13. The monoisotopic (exact) mass is 241 g/mol. The van der Waals surface area contributed by atoms with E-state index in [-0.39, 0.29) is 0 Å². The number of hydrogen-bond donors (Lipinski definition) is 1. The Balaban J connectivity index is 2.08. The van der Waals surface area contributed by atoms with Gasteiger partial charge in [0.05, 0.1) is 24.4 Å². The molecule has 2 unspecified atom stereocenters. The van der Waals surface area contributed by atoms with Gasteiger partial charge in [-0.1, -0.05) is 0 Å². The summed E-state index contributed by atoms with van der Waals surface area (Å²) in [5.41, 5.74) is 1.12. The number of ether oxygens (including phenoxy) is 1. The molecule has 2 atom stereocenters. The average molecular weight is 241 g/mol. The Morgan fingerprint density at radius 3 is 3.19 bits per heavy atom. The van der Waals surface area contributed by atoms with Crippen molar-refractivity contribution in [2.75, 3.05) is 25.1 Å². The van der Waals surface area contributed by atoms with Crippen molar-refractivity contribution in [2.45, 2.75) is 32.5 Å². The van der Waals surface area contributed by atoms with Crippen molar-refractivity contribution in [1.29, 1.82) is 0 Å². The van der Waals surface area contributed by atoms with Crippen LogP contribution in [0.1, 0.15) is 19.5 Å². The van der Waals surface area contributed by atoms with E-state index < -0.39 is 0 Å². The highest BCUT2D eigenvalue weighted by Crippen LogP contribution is 2.25. The van der Waals surface area contributed by atoms with Crippen molar-refractivity contribution in [3.8, 4) is 0 Å². The molecule has 0 aliphatic carbocycles. The summed E-state index contributed by atoms with van der Waals surface area (Å²) in [6.45, 7) is 6.87. The van der Waals surface area contributed by atoms with Gasteiger partial charge in [0.2, 0.25) is 0 Å². The smallest absolute Gasteiger partial charge is 0.185 e. The third kappa shape index (κ3) is 2.53. The van der Waals surface area contributed by atoms with Crippen molar-refractivity contribution in [2.24, 2.45) is 0 Å². The van der Waals surface area contributed by atoms with Crippen LogP contribution in [0.15, 0.2) is 5.38 Å². The van der Waals surface area contributed by atoms with Crippen LogP contribution in [-0.2, 0) is 11.3 Å². The fourth-order valence-corrected chi connectivity index (χ4v) is 2.80. The molecule has 0 aromatic carbocycles. The molecule has 0 bridgehead atoms. The molecule has 4 nitrogen and oxygen atoms in total. The molecular formula is C11H19N3OS. The van der Waals surface area contributed by atoms with Gasteiger partial charge in [-0.05, 0) is 20.9 Å². The van der Waals surface area contributed by atoms with Crippen molar-refractivity contribution < 1.29 is 4.74 Å². The van der Waals surface area contributed by atoms with Gasteiger partial charge in [0.15, 0.2) is 5.13 Å². The molecule has 0 radical (unpaired) electrons. The van der Waals surface area contributed by atoms with Gasteiger partial charge in [0.1, 0.15) is 0 Å². The molecule has 1 aromatic heterocycles. The van der Waals surface area contributed by atoms with Crippen LogP contribution in [0.3, 0.4) is 0 Å². The molecule has 5 heteroatoms. The first-order valence-electron chi connectivity index (χ1n) is 5.68. The van der Waals surface area contributed by atoms with E-state index in [9.17, 15) is 0 Å². The van der Waals surface area contributed by atoms with E-state index in [4.69, 9.17) is 4.74 Å². The summed E-state index contributed by atoms with van der Waals surface area (Å²) in [5, 5.41) is 6.36. The molecule has 1 aliphatic heterocycles. The molecule has 0 amide bonds. The molecular weight excluding hydrogens is 222 g/mol. The maximum absolute atomic E-state index is 5.62. The minimum atomic E-state index is 0.299. The first-order chi connectivity index (χ1) is 7.70. The molecule has 1 fully saturated rings. The lowest BCUT2D eigenvalue weighted by Crippen LogP contribution is -2.47. The lowest BCUT2D eigenvalue weighted by molar-refractivity contribution is 0.0343. The van der Waals surface area contributed by atoms with E-state index in [1.165, 1.54) is 0 Å². The minimum absolute atomic E-state index is 0.299. The second-order valence-corrected chi connectivity index (χ2v) is 5.13. The van der Waals surface area contributed by atoms with Gasteiger partial charge in [-0.3, -0.25) is 0 Å². The van der Waals surface area contributed by atoms with Crippen LogP contribution < -0.4 is 10.2 Å². The number of hydrogen-bond acceptors (Lipinski definition) is 5. The molecule has 0 spiro atoms. The van der Waals surface area contributed by atoms with Crippen molar-refractivity contribution in [3.05, 3.63) is 11.1 Å². The maximum Gasteiger partial charge on any atom is 0.185 e. The van der Waals surface area contributed by atoms with Gasteiger partial charge in [-0.15, -0.1) is 11.3 Å². The normalized spacial score (nSPS) is 26.1. The first-order valence-corrected chi connectivity index (χ1v) is 6.56. The summed E-state index contributed by atoms with van der Waals surface area (Å²) >= 11 is 1.72. The zero-order valence-corrected chi connectivity index (χ0v) is 10.9. The lowest BCUT2D eigenvalue weighted by Gasteiger charge is -2.36. The first kappa shape index (κ1) is 11.8. The Hall–Kier alpha value is -0.650. The van der Waals surface area contributed by atoms with Crippen LogP contribution in [-0.4, -0.2) is 37.3 Å². The molecule has 1 aliphatic rings. The van der Waals surface area contributed by atoms with Gasteiger partial charge in [-0.2, -0.15) is 0 Å². The Labute approximate surface area is 101 Å². The standard InChI is InChI=1S/C11H19N3OS/c1-8-6-15-9(2)5-14(8)11-13-10(4-12-3)7-16-11/h7-9,12H,4-6H2,1-3H3. The average Bonchev–Trinajstić information content (AvgIpc) is 2.71. The van der Waals surface area contributed by atoms with Crippen LogP contribution in [0.4, 0.5) is 5.13 Å². The third-order valence-corrected chi connectivity index (χ3v) is 3.68. The van der Waals surface area contributed by atoms with Crippen molar-refractivity contribution in [3.63, 3.8) is 0 Å². The quantitative estimate of drug-likeness (QED) is 0.869. The highest BCUT2D eigenvalue weighted by Gasteiger charge is 2.25. The summed E-state index contributed by atoms with van der Waals surface area (Å²) < 4.78 is 5.62. The van der Waals surface area contributed by atoms with E-state index in [0.29, 0.717) is 12.1 Å². The minimum Gasteiger partial charge on any atom is -0.375 e. The van der Waals surface area contributed by atoms with E-state index in [1.807, 2.05) is 7.05 Å². The molecule has 0 saturated carbocycles. The SMILES string of the molecule is CNCc1csc(N2CC(C)OCC2C)n1. The zero-order chi connectivity index (χ0) is 11.5. The largest absolute Gasteiger partial charge is 0.375 e. The fraction of sp³-hybridized carbons (Fsp3) is 0.727. The van der Waals surface area contributed by atoms with E-state index in [1.54, 1.807) is 11.3 Å². The van der Waals surface area contributed by atoms with Gasteiger partial charge in [-0.25, -0.2) is 4.98 Å². The molecule has 2 heterocycles. The number of rotatable bonds is 3. The number of thiazole rings is 1. The molecule has 2 rings (SSSR count). The van der Waals surface area contributed by atoms with Crippen LogP contribution in [0, 0.1) is 0 Å². The van der Waals surface area contributed by atoms with E-state index >= 15 is 0 Å². The third-order valence-electron chi connectivity index (χ3n) is 2.75. The van der Waals surface area contributed by atoms with Crippen LogP contribution in [0.25, 0.3) is 0 Å². The lowest BCUT2D eigenvalue weighted by atomic mass is 10.2. The summed E-state index contributed by atoms with van der Waals surface area (Å²) in [6, 6.07) is 0.421. The summed E-state index contributed by atoms with van der Waals surface area (Å²) in [4.78, 5) is 6.98. The topological polar surface area (TPSA) is 37.4 Å². The van der Waals surface area contributed by atoms with E-state index in [0.717, 1.165) is 30.5 Å². The number of morpholine rings is 1. The number of nitrogens with zero attached hydrogens (tertiary/aromatic N) is 2. The summed E-state index contributed by atoms with van der Waals surface area (Å²) in [6.07, 6.45) is 0.299. The highest BCUT2D eigenvalue weighted by atomic mass is 32.1. The number of aromatic nitrogens is 1. The van der Waals surface area contributed by atoms with Crippen LogP contribution >= 0.6 is 11.3 Å². The van der Waals surface area contributed by atoms with Gasteiger partial charge in [0, 0.05) is 18.5 Å². The Kier molecular flexibility index (Phi) is 3.78. The molecule has 90 valence electrons. The fourth-order valence-electron chi connectivity index (χ4n) is 1.86. The Bertz CT molecular complexity index is 342. The summed E-state index contributed by atoms with van der Waals surface area (Å²) in [5.74, 6) is 0. The van der Waals surface area contributed by atoms with Gasteiger partial charge >= 0.3 is 0 Å². The van der Waals surface area contributed by atoms with Crippen molar-refractivity contribution in [1.82, 2.24) is 10.3 Å². The predicted molar refractivity (Wildman–Crippen MR) is 67.1 cm³/mol. The van der Waals surface area contributed by atoms with Crippen LogP contribution in [0.2, 0.25) is 0 Å². The van der Waals surface area contributed by atoms with Gasteiger partial charge in [0.25, 0.3) is 0 Å².